The topological polar surface area (TPSA) is 29.5 Å². The average Bonchev–Trinajstić information content (AvgIpc) is 3.05. The molecule has 3 rings (SSSR count). The van der Waals surface area contributed by atoms with Gasteiger partial charge in [-0.3, -0.25) is 4.79 Å². The van der Waals surface area contributed by atoms with Gasteiger partial charge in [-0.05, 0) is 36.6 Å². The highest BCUT2D eigenvalue weighted by Gasteiger charge is 2.29. The van der Waals surface area contributed by atoms with Crippen LogP contribution in [0, 0.1) is 0 Å². The van der Waals surface area contributed by atoms with Gasteiger partial charge in [0.1, 0.15) is 5.75 Å². The van der Waals surface area contributed by atoms with Crippen LogP contribution in [-0.2, 0) is 4.79 Å². The Morgan fingerprint density at radius 2 is 2.00 bits per heavy atom. The van der Waals surface area contributed by atoms with Gasteiger partial charge in [0.15, 0.2) is 0 Å². The largest absolute Gasteiger partial charge is 0.493 e. The van der Waals surface area contributed by atoms with Gasteiger partial charge in [-0.1, -0.05) is 52.3 Å². The van der Waals surface area contributed by atoms with E-state index >= 15 is 0 Å². The normalized spacial score (nSPS) is 17.3. The van der Waals surface area contributed by atoms with Crippen LogP contribution in [0.2, 0.25) is 0 Å². The van der Waals surface area contributed by atoms with Crippen molar-refractivity contribution in [2.75, 3.05) is 13.2 Å². The van der Waals surface area contributed by atoms with Crippen molar-refractivity contribution >= 4 is 21.8 Å². The lowest BCUT2D eigenvalue weighted by Gasteiger charge is -2.25. The van der Waals surface area contributed by atoms with E-state index in [2.05, 4.69) is 28.1 Å². The van der Waals surface area contributed by atoms with Crippen LogP contribution >= 0.6 is 15.9 Å². The molecule has 1 fully saturated rings. The summed E-state index contributed by atoms with van der Waals surface area (Å²) in [6.07, 6.45) is 2.52. The standard InChI is InChI=1S/C19H20BrNO2/c20-16-8-4-9-17(14-16)23-13-11-19(22)21-12-5-10-18(21)15-6-2-1-3-7-15/h1-4,6-9,14,18H,5,10-13H2. The van der Waals surface area contributed by atoms with Crippen LogP contribution < -0.4 is 4.74 Å². The molecule has 1 aliphatic rings. The zero-order valence-corrected chi connectivity index (χ0v) is 14.5. The fraction of sp³-hybridized carbons (Fsp3) is 0.316. The van der Waals surface area contributed by atoms with Gasteiger partial charge in [0, 0.05) is 11.0 Å². The first-order valence-corrected chi connectivity index (χ1v) is 8.76. The Bertz CT molecular complexity index is 659. The quantitative estimate of drug-likeness (QED) is 0.767. The molecule has 1 unspecified atom stereocenters. The summed E-state index contributed by atoms with van der Waals surface area (Å²) in [7, 11) is 0. The summed E-state index contributed by atoms with van der Waals surface area (Å²) in [6, 6.07) is 18.2. The monoisotopic (exact) mass is 373 g/mol. The molecule has 0 spiro atoms. The van der Waals surface area contributed by atoms with E-state index in [1.807, 2.05) is 47.4 Å². The van der Waals surface area contributed by atoms with Crippen LogP contribution in [0.3, 0.4) is 0 Å². The van der Waals surface area contributed by atoms with Crippen LogP contribution in [0.4, 0.5) is 0 Å². The number of hydrogen-bond acceptors (Lipinski definition) is 2. The fourth-order valence-electron chi connectivity index (χ4n) is 3.04. The molecular weight excluding hydrogens is 354 g/mol. The molecule has 0 radical (unpaired) electrons. The van der Waals surface area contributed by atoms with Gasteiger partial charge in [-0.25, -0.2) is 0 Å². The maximum absolute atomic E-state index is 12.5. The summed E-state index contributed by atoms with van der Waals surface area (Å²) in [4.78, 5) is 14.5. The van der Waals surface area contributed by atoms with E-state index in [1.54, 1.807) is 0 Å². The summed E-state index contributed by atoms with van der Waals surface area (Å²) in [5.74, 6) is 0.958. The van der Waals surface area contributed by atoms with Gasteiger partial charge < -0.3 is 9.64 Å². The number of nitrogens with zero attached hydrogens (tertiary/aromatic N) is 1. The van der Waals surface area contributed by atoms with E-state index in [1.165, 1.54) is 5.56 Å². The fourth-order valence-corrected chi connectivity index (χ4v) is 3.42. The molecule has 2 aromatic carbocycles. The summed E-state index contributed by atoms with van der Waals surface area (Å²) < 4.78 is 6.66. The maximum atomic E-state index is 12.5. The maximum Gasteiger partial charge on any atom is 0.226 e. The van der Waals surface area contributed by atoms with Gasteiger partial charge in [-0.2, -0.15) is 0 Å². The second-order valence-electron chi connectivity index (χ2n) is 5.71. The lowest BCUT2D eigenvalue weighted by atomic mass is 10.0. The highest BCUT2D eigenvalue weighted by atomic mass is 79.9. The molecule has 1 amide bonds. The van der Waals surface area contributed by atoms with Crippen LogP contribution in [-0.4, -0.2) is 24.0 Å². The number of benzene rings is 2. The van der Waals surface area contributed by atoms with E-state index in [0.29, 0.717) is 13.0 Å². The predicted octanol–water partition coefficient (Wildman–Crippen LogP) is 4.58. The van der Waals surface area contributed by atoms with Crippen molar-refractivity contribution in [3.05, 3.63) is 64.6 Å². The third kappa shape index (κ3) is 4.14. The summed E-state index contributed by atoms with van der Waals surface area (Å²) in [5, 5.41) is 0. The smallest absolute Gasteiger partial charge is 0.226 e. The molecule has 0 aliphatic carbocycles. The number of ether oxygens (including phenoxy) is 1. The van der Waals surface area contributed by atoms with Crippen LogP contribution in [0.5, 0.6) is 5.75 Å². The van der Waals surface area contributed by atoms with E-state index in [-0.39, 0.29) is 11.9 Å². The number of rotatable bonds is 5. The second kappa shape index (κ2) is 7.64. The Kier molecular flexibility index (Phi) is 5.34. The lowest BCUT2D eigenvalue weighted by Crippen LogP contribution is -2.31. The number of carbonyl (C=O) groups is 1. The molecule has 0 aromatic heterocycles. The van der Waals surface area contributed by atoms with Crippen LogP contribution in [0.15, 0.2) is 59.1 Å². The molecule has 2 aromatic rings. The van der Waals surface area contributed by atoms with E-state index in [0.717, 1.165) is 29.6 Å². The number of amides is 1. The third-order valence-corrected chi connectivity index (χ3v) is 4.63. The number of carbonyl (C=O) groups excluding carboxylic acids is 1. The third-order valence-electron chi connectivity index (χ3n) is 4.14. The average molecular weight is 374 g/mol. The molecule has 1 heterocycles. The minimum Gasteiger partial charge on any atom is -0.493 e. The molecule has 1 aliphatic heterocycles. The number of hydrogen-bond donors (Lipinski definition) is 0. The van der Waals surface area contributed by atoms with Crippen molar-refractivity contribution in [1.29, 1.82) is 0 Å². The van der Waals surface area contributed by atoms with E-state index in [4.69, 9.17) is 4.74 Å². The van der Waals surface area contributed by atoms with Gasteiger partial charge >= 0.3 is 0 Å². The van der Waals surface area contributed by atoms with Gasteiger partial charge in [0.25, 0.3) is 0 Å². The molecule has 1 atom stereocenters. The Labute approximate surface area is 145 Å². The second-order valence-corrected chi connectivity index (χ2v) is 6.63. The first-order chi connectivity index (χ1) is 11.2. The van der Waals surface area contributed by atoms with Gasteiger partial charge in [-0.15, -0.1) is 0 Å². The molecule has 4 heteroatoms. The van der Waals surface area contributed by atoms with E-state index < -0.39 is 0 Å². The zero-order valence-electron chi connectivity index (χ0n) is 13.0. The highest BCUT2D eigenvalue weighted by molar-refractivity contribution is 9.10. The molecule has 3 nitrogen and oxygen atoms in total. The first kappa shape index (κ1) is 16.1. The molecular formula is C19H20BrNO2. The molecule has 23 heavy (non-hydrogen) atoms. The highest BCUT2D eigenvalue weighted by Crippen LogP contribution is 2.32. The zero-order chi connectivity index (χ0) is 16.1. The Hall–Kier alpha value is -1.81. The van der Waals surface area contributed by atoms with Crippen molar-refractivity contribution in [2.24, 2.45) is 0 Å². The first-order valence-electron chi connectivity index (χ1n) is 7.97. The molecule has 1 saturated heterocycles. The summed E-state index contributed by atoms with van der Waals surface area (Å²) >= 11 is 3.42. The van der Waals surface area contributed by atoms with Crippen LogP contribution in [0.25, 0.3) is 0 Å². The summed E-state index contributed by atoms with van der Waals surface area (Å²) in [5.41, 5.74) is 1.23. The van der Waals surface area contributed by atoms with Gasteiger partial charge in [0.05, 0.1) is 19.1 Å². The lowest BCUT2D eigenvalue weighted by molar-refractivity contribution is -0.132. The Morgan fingerprint density at radius 3 is 2.78 bits per heavy atom. The molecule has 0 N–H and O–H groups in total. The van der Waals surface area contributed by atoms with Crippen molar-refractivity contribution < 1.29 is 9.53 Å². The van der Waals surface area contributed by atoms with Crippen molar-refractivity contribution in [3.63, 3.8) is 0 Å². The SMILES string of the molecule is O=C(CCOc1cccc(Br)c1)N1CCCC1c1ccccc1. The Morgan fingerprint density at radius 1 is 1.17 bits per heavy atom. The van der Waals surface area contributed by atoms with Crippen molar-refractivity contribution in [1.82, 2.24) is 4.90 Å². The minimum atomic E-state index is 0.173. The van der Waals surface area contributed by atoms with Crippen LogP contribution in [0.1, 0.15) is 30.9 Å². The Balaban J connectivity index is 1.55. The predicted molar refractivity (Wildman–Crippen MR) is 94.4 cm³/mol. The molecule has 120 valence electrons. The molecule has 0 bridgehead atoms. The number of halogens is 1. The van der Waals surface area contributed by atoms with E-state index in [9.17, 15) is 4.79 Å². The number of likely N-dealkylation sites (tertiary alicyclic amines) is 1. The minimum absolute atomic E-state index is 0.173. The summed E-state index contributed by atoms with van der Waals surface area (Å²) in [6.45, 7) is 1.25. The van der Waals surface area contributed by atoms with Crippen molar-refractivity contribution in [3.8, 4) is 5.75 Å². The van der Waals surface area contributed by atoms with Crippen molar-refractivity contribution in [2.45, 2.75) is 25.3 Å². The molecule has 0 saturated carbocycles. The van der Waals surface area contributed by atoms with Gasteiger partial charge in [0.2, 0.25) is 5.91 Å².